The highest BCUT2D eigenvalue weighted by atomic mass is 127. The Hall–Kier alpha value is -8.80. The van der Waals surface area contributed by atoms with E-state index in [1.54, 1.807) is 56.6 Å². The van der Waals surface area contributed by atoms with Crippen molar-refractivity contribution in [2.24, 2.45) is 17.8 Å². The second-order valence-electron chi connectivity index (χ2n) is 35.8. The van der Waals surface area contributed by atoms with E-state index in [1.807, 2.05) is 189 Å². The molecule has 140 heavy (non-hydrogen) atoms. The predicted molar refractivity (Wildman–Crippen MR) is 542 cm³/mol. The third-order valence-corrected chi connectivity index (χ3v) is 25.0. The van der Waals surface area contributed by atoms with Crippen LogP contribution >= 0.6 is 22.6 Å². The van der Waals surface area contributed by atoms with Gasteiger partial charge in [-0.05, 0) is 219 Å². The first-order valence-electron chi connectivity index (χ1n) is 45.9. The topological polar surface area (TPSA) is 484 Å². The Labute approximate surface area is 834 Å². The lowest BCUT2D eigenvalue weighted by molar-refractivity contribution is -0.149. The Kier molecular flexibility index (Phi) is 52.2. The molecule has 0 bridgehead atoms. The molecule has 4 aromatic heterocycles. The van der Waals surface area contributed by atoms with E-state index in [9.17, 15) is 62.1 Å². The zero-order valence-electron chi connectivity index (χ0n) is 86.6. The highest BCUT2D eigenvalue weighted by Crippen LogP contribution is 2.28. The number of likely N-dealkylation sites (N-methyl/N-ethyl adjacent to an activating group) is 4. The Bertz CT molecular complexity index is 5710. The molecular weight excluding hydrogens is 1950 g/mol. The Balaban J connectivity index is 0.000000331. The SMILES string of the molecule is COCO[C@@H](Cn1c(=O)c(C(=O)NCCN(C)C)nc2cc(C)c(C)cc21)[C@H](C)[C@@H](C)OCOC.COCO[C@@H](Cn1c(=O)c(C(=O)NCCN(C)C)nc2cc(C)c(C)cc21)[C@H](C)[C@@H](CI)OCOC.COCO[C@@H](Cn1c(=O)c(C(=O)NCCN(C)C)nc2cc(C)c(C)cc21)[C@H](C)[C@@H](COS(C)(=O)=O)OCOC.Cc1cc2nc(C(=O)NCCN(C)C)c(=O)n(C[C@H](O)[C@H](O)[C@@H](C)O)c2cc1C. The quantitative estimate of drug-likeness (QED) is 0.0119. The number of ether oxygens (including phenoxy) is 12. The molecular formula is C96H151IN16O26S. The zero-order chi connectivity index (χ0) is 105. The van der Waals surface area contributed by atoms with E-state index in [1.165, 1.54) is 30.3 Å². The number of halogens is 1. The molecule has 0 aliphatic rings. The number of aromatic nitrogens is 8. The van der Waals surface area contributed by atoms with E-state index in [0.717, 1.165) is 50.8 Å². The number of nitrogens with one attached hydrogen (secondary N) is 4. The third-order valence-electron chi connectivity index (χ3n) is 23.6. The van der Waals surface area contributed by atoms with Gasteiger partial charge in [-0.25, -0.2) is 19.9 Å². The Morgan fingerprint density at radius 2 is 0.607 bits per heavy atom. The summed E-state index contributed by atoms with van der Waals surface area (Å²) in [4.78, 5) is 131. The van der Waals surface area contributed by atoms with Crippen molar-refractivity contribution in [1.29, 1.82) is 0 Å². The standard InChI is InChI=1S/C26H42N4O9S.C25H39IN4O6.C25H40N4O6.C20H30N4O5/c1-17-11-20-21(12-18(17)2)30(26(32)24(28-20)25(31)27-9-10-29(4)5)13-22(37-15-35-6)19(3)23(38-16-36-7)14-39-40(8,33)34;1-16-10-19-20(11-17(16)2)30(25(32)23(28-19)24(31)27-8-9-29(4)5)13-22(36-15-34-7)18(3)21(12-26)35-14-33-6;1-16-11-20-21(12-17(16)2)29(25(31)23(27-20)24(30)26-9-10-28(5)6)13-22(35-15-33-8)18(3)19(4)34-14-32-7;1-11-8-14-15(9-12(11)2)24(10-16(26)18(27)13(3)25)20(29)17(22-14)19(28)21-6-7-23(4)5/h11-12,19,22-23H,9-10,13-16H2,1-8H3,(H,27,31);10-11,18,21-22H,8-9,12-15H2,1-7H3,(H,27,31);11-12,18-19,22H,9-10,13-15H2,1-8H3,(H,26,30);8-9,13,16,18,25-27H,6-7,10H2,1-5H3,(H,21,28)/t19-,22-,23+;18-,21-,22+;18-,19-,22+;13-,16+,18-/m0111/s1. The highest BCUT2D eigenvalue weighted by molar-refractivity contribution is 14.1. The Morgan fingerprint density at radius 1 is 0.371 bits per heavy atom. The lowest BCUT2D eigenvalue weighted by atomic mass is 9.97. The fraction of sp³-hybridized carbons (Fsp3) is 0.625. The summed E-state index contributed by atoms with van der Waals surface area (Å²) in [6.45, 7) is 28.6. The van der Waals surface area contributed by atoms with Crippen molar-refractivity contribution in [3.8, 4) is 0 Å². The van der Waals surface area contributed by atoms with Gasteiger partial charge in [-0.15, -0.1) is 0 Å². The summed E-state index contributed by atoms with van der Waals surface area (Å²) in [6, 6.07) is 14.9. The number of benzene rings is 4. The van der Waals surface area contributed by atoms with Crippen LogP contribution in [0.2, 0.25) is 0 Å². The molecule has 7 N–H and O–H groups in total. The van der Waals surface area contributed by atoms with Crippen LogP contribution in [-0.4, -0.2) is 370 Å². The molecule has 0 fully saturated rings. The monoisotopic (exact) mass is 2100 g/mol. The van der Waals surface area contributed by atoms with Gasteiger partial charge in [-0.2, -0.15) is 8.42 Å². The maximum absolute atomic E-state index is 13.7. The molecule has 0 saturated carbocycles. The molecule has 784 valence electrons. The number of carbonyl (C=O) groups is 4. The van der Waals surface area contributed by atoms with Crippen LogP contribution in [0.5, 0.6) is 0 Å². The molecule has 42 nitrogen and oxygen atoms in total. The van der Waals surface area contributed by atoms with Gasteiger partial charge in [0.25, 0.3) is 56.0 Å². The van der Waals surface area contributed by atoms with Crippen molar-refractivity contribution >= 4 is 100 Å². The largest absolute Gasteiger partial charge is 0.391 e. The first kappa shape index (κ1) is 122. The summed E-state index contributed by atoms with van der Waals surface area (Å²) in [5, 5.41) is 40.8. The zero-order valence-corrected chi connectivity index (χ0v) is 89.5. The number of aliphatic hydroxyl groups excluding tert-OH is 3. The maximum atomic E-state index is 13.7. The lowest BCUT2D eigenvalue weighted by Gasteiger charge is -2.31. The first-order chi connectivity index (χ1) is 66.0. The van der Waals surface area contributed by atoms with Gasteiger partial charge in [0, 0.05) is 117 Å². The predicted octanol–water partition coefficient (Wildman–Crippen LogP) is 4.60. The van der Waals surface area contributed by atoms with Crippen molar-refractivity contribution in [3.63, 3.8) is 0 Å². The fourth-order valence-corrected chi connectivity index (χ4v) is 15.7. The molecule has 8 rings (SSSR count). The van der Waals surface area contributed by atoms with E-state index < -0.39 is 105 Å². The molecule has 12 atom stereocenters. The van der Waals surface area contributed by atoms with Crippen LogP contribution in [0.1, 0.15) is 121 Å². The average molecular weight is 2100 g/mol. The van der Waals surface area contributed by atoms with Gasteiger partial charge >= 0.3 is 0 Å². The molecule has 0 saturated heterocycles. The van der Waals surface area contributed by atoms with E-state index in [4.69, 9.17) is 61.0 Å². The molecule has 0 radical (unpaired) electrons. The third kappa shape index (κ3) is 37.1. The molecule has 0 spiro atoms. The average Bonchev–Trinajstić information content (AvgIpc) is 0.781. The molecule has 0 unspecified atom stereocenters. The highest BCUT2D eigenvalue weighted by Gasteiger charge is 2.35. The van der Waals surface area contributed by atoms with Crippen LogP contribution < -0.4 is 43.5 Å². The number of fused-ring (bicyclic) bond motifs is 4. The summed E-state index contributed by atoms with van der Waals surface area (Å²) in [6.07, 6.45) is -5.81. The number of aryl methyl sites for hydroxylation is 8. The summed E-state index contributed by atoms with van der Waals surface area (Å²) < 4.78 is 101. The molecule has 4 aromatic carbocycles. The van der Waals surface area contributed by atoms with E-state index in [0.29, 0.717) is 101 Å². The van der Waals surface area contributed by atoms with Gasteiger partial charge in [-0.3, -0.25) is 42.5 Å². The minimum atomic E-state index is -3.75. The van der Waals surface area contributed by atoms with Crippen LogP contribution in [0, 0.1) is 73.1 Å². The fourth-order valence-electron chi connectivity index (χ4n) is 14.2. The maximum Gasteiger partial charge on any atom is 0.282 e. The number of methoxy groups -OCH3 is 6. The van der Waals surface area contributed by atoms with E-state index in [2.05, 4.69) is 63.8 Å². The normalized spacial score (nSPS) is 14.4. The molecule has 0 aliphatic heterocycles. The first-order valence-corrected chi connectivity index (χ1v) is 49.3. The smallest absolute Gasteiger partial charge is 0.282 e. The van der Waals surface area contributed by atoms with Crippen LogP contribution in [0.3, 0.4) is 0 Å². The molecule has 4 amide bonds. The summed E-state index contributed by atoms with van der Waals surface area (Å²) in [7, 11) is 20.5. The lowest BCUT2D eigenvalue weighted by Crippen LogP contribution is -2.43. The number of hydrogen-bond donors (Lipinski definition) is 7. The van der Waals surface area contributed by atoms with Crippen molar-refractivity contribution in [3.05, 3.63) is 157 Å². The number of hydrogen-bond acceptors (Lipinski definition) is 34. The van der Waals surface area contributed by atoms with Crippen LogP contribution in [0.4, 0.5) is 0 Å². The summed E-state index contributed by atoms with van der Waals surface area (Å²) >= 11 is 2.26. The van der Waals surface area contributed by atoms with Crippen LogP contribution in [0.25, 0.3) is 44.1 Å². The molecule has 44 heteroatoms. The minimum Gasteiger partial charge on any atom is -0.391 e. The number of amides is 4. The van der Waals surface area contributed by atoms with Crippen molar-refractivity contribution in [2.45, 2.75) is 171 Å². The van der Waals surface area contributed by atoms with E-state index in [-0.39, 0.29) is 120 Å². The van der Waals surface area contributed by atoms with Crippen LogP contribution in [0.15, 0.2) is 67.7 Å². The number of aliphatic hydroxyl groups is 3. The number of alkyl halides is 1. The van der Waals surface area contributed by atoms with Gasteiger partial charge in [-0.1, -0.05) is 43.4 Å². The van der Waals surface area contributed by atoms with Gasteiger partial charge in [0.2, 0.25) is 0 Å². The molecule has 8 aromatic rings. The molecule has 0 aliphatic carbocycles. The van der Waals surface area contributed by atoms with E-state index >= 15 is 0 Å². The number of rotatable bonds is 54. The van der Waals surface area contributed by atoms with Crippen LogP contribution in [-0.2, 0) is 97.3 Å². The van der Waals surface area contributed by atoms with Gasteiger partial charge in [0.15, 0.2) is 22.8 Å². The summed E-state index contributed by atoms with van der Waals surface area (Å²) in [5.41, 5.74) is 9.21. The van der Waals surface area contributed by atoms with Crippen molar-refractivity contribution < 1.29 is 104 Å². The molecule has 4 heterocycles. The van der Waals surface area contributed by atoms with Gasteiger partial charge < -0.3 is 131 Å². The minimum absolute atomic E-state index is 0.00538. The number of carbonyl (C=O) groups excluding carboxylic acids is 4. The second kappa shape index (κ2) is 60.1. The van der Waals surface area contributed by atoms with Crippen molar-refractivity contribution in [2.75, 3.05) is 209 Å². The van der Waals surface area contributed by atoms with Crippen molar-refractivity contribution in [1.82, 2.24) is 79.1 Å². The summed E-state index contributed by atoms with van der Waals surface area (Å²) in [5.74, 6) is -2.89. The van der Waals surface area contributed by atoms with Gasteiger partial charge in [0.05, 0.1) is 126 Å². The van der Waals surface area contributed by atoms with Gasteiger partial charge in [0.1, 0.15) is 53.0 Å². The Morgan fingerprint density at radius 3 is 0.857 bits per heavy atom. The number of nitrogens with zero attached hydrogens (tertiary/aromatic N) is 12. The second-order valence-corrected chi connectivity index (χ2v) is 38.3.